The van der Waals surface area contributed by atoms with Gasteiger partial charge in [-0.05, 0) is 120 Å². The molecule has 0 saturated carbocycles. The number of aryl methyl sites for hydroxylation is 1. The first-order valence-corrected chi connectivity index (χ1v) is 21.3. The monoisotopic (exact) mass is 847 g/mol. The van der Waals surface area contributed by atoms with E-state index in [0.717, 1.165) is 98.9 Å². The SMILES string of the molecule is Cc1cc(-c2ccc(-n3c4ccccc4c4c5oc6ccccc6c5ccc43)cc2-c2cc(C#N)ccc2-n2c3ccccc3c3c4oc5ccccc5c4ccc32)cc(C(F)(F)F)c1. The molecule has 0 amide bonds. The summed E-state index contributed by atoms with van der Waals surface area (Å²) >= 11 is 0. The van der Waals surface area contributed by atoms with Crippen molar-refractivity contribution in [3.63, 3.8) is 0 Å². The van der Waals surface area contributed by atoms with Gasteiger partial charge in [-0.15, -0.1) is 0 Å². The number of furan rings is 2. The Kier molecular flexibility index (Phi) is 7.68. The van der Waals surface area contributed by atoms with E-state index >= 15 is 0 Å². The lowest BCUT2D eigenvalue weighted by molar-refractivity contribution is -0.137. The molecule has 0 spiro atoms. The van der Waals surface area contributed by atoms with Crippen LogP contribution < -0.4 is 0 Å². The molecule has 4 heterocycles. The number of benzene rings is 9. The van der Waals surface area contributed by atoms with Crippen molar-refractivity contribution in [2.24, 2.45) is 0 Å². The molecule has 308 valence electrons. The Hall–Kier alpha value is -8.54. The molecule has 4 aromatic heterocycles. The van der Waals surface area contributed by atoms with E-state index in [2.05, 4.69) is 75.9 Å². The van der Waals surface area contributed by atoms with Gasteiger partial charge in [-0.2, -0.15) is 18.4 Å². The second-order valence-corrected chi connectivity index (χ2v) is 16.7. The molecule has 13 rings (SSSR count). The van der Waals surface area contributed by atoms with Crippen molar-refractivity contribution in [3.05, 3.63) is 193 Å². The quantitative estimate of drug-likeness (QED) is 0.177. The maximum absolute atomic E-state index is 14.6. The van der Waals surface area contributed by atoms with E-state index in [1.54, 1.807) is 19.1 Å². The summed E-state index contributed by atoms with van der Waals surface area (Å²) in [5.41, 5.74) is 10.8. The van der Waals surface area contributed by atoms with Crippen LogP contribution in [0.2, 0.25) is 0 Å². The highest BCUT2D eigenvalue weighted by molar-refractivity contribution is 6.25. The number of nitrogens with zero attached hydrogens (tertiary/aromatic N) is 3. The molecular formula is C57H32F3N3O2. The Labute approximate surface area is 368 Å². The third-order valence-corrected chi connectivity index (χ3v) is 13.0. The normalized spacial score (nSPS) is 12.3. The molecule has 9 aromatic carbocycles. The third kappa shape index (κ3) is 5.39. The van der Waals surface area contributed by atoms with E-state index in [1.807, 2.05) is 91.0 Å². The highest BCUT2D eigenvalue weighted by Crippen LogP contribution is 2.46. The van der Waals surface area contributed by atoms with E-state index in [0.29, 0.717) is 33.4 Å². The average molecular weight is 848 g/mol. The van der Waals surface area contributed by atoms with Gasteiger partial charge in [0, 0.05) is 43.6 Å². The van der Waals surface area contributed by atoms with Crippen LogP contribution in [0.5, 0.6) is 0 Å². The second-order valence-electron chi connectivity index (χ2n) is 16.7. The Bertz CT molecular complexity index is 4210. The molecule has 0 atom stereocenters. The summed E-state index contributed by atoms with van der Waals surface area (Å²) in [5, 5.41) is 18.4. The van der Waals surface area contributed by atoms with Crippen molar-refractivity contribution in [1.29, 1.82) is 5.26 Å². The maximum Gasteiger partial charge on any atom is 0.416 e. The van der Waals surface area contributed by atoms with Crippen LogP contribution in [0, 0.1) is 18.3 Å². The summed E-state index contributed by atoms with van der Waals surface area (Å²) < 4.78 is 61.3. The van der Waals surface area contributed by atoms with Crippen LogP contribution >= 0.6 is 0 Å². The number of alkyl halides is 3. The summed E-state index contributed by atoms with van der Waals surface area (Å²) in [6, 6.07) is 58.8. The standard InChI is InChI=1S/C57H32F3N3O2/c1-32-26-34(29-35(27-32)57(58,59)60)37-20-19-36(62-46-14-6-2-12-42(46)53-49(62)24-21-40-38-10-4-8-16-51(38)64-55(40)53)30-44(37)45-28-33(31-61)18-23-48(45)63-47-15-7-3-13-43(47)54-50(63)25-22-41-39-11-5-9-17-52(39)65-56(41)54/h2-30H,1H3. The van der Waals surface area contributed by atoms with Gasteiger partial charge < -0.3 is 18.0 Å². The minimum absolute atomic E-state index is 0.407. The fraction of sp³-hybridized carbons (Fsp3) is 0.0351. The number of para-hydroxylation sites is 4. The Morgan fingerprint density at radius 2 is 1.05 bits per heavy atom. The highest BCUT2D eigenvalue weighted by atomic mass is 19.4. The molecular weight excluding hydrogens is 816 g/mol. The van der Waals surface area contributed by atoms with Crippen molar-refractivity contribution in [2.75, 3.05) is 0 Å². The molecule has 5 nitrogen and oxygen atoms in total. The molecule has 0 aliphatic rings. The predicted octanol–water partition coefficient (Wildman–Crippen LogP) is 16.2. The Morgan fingerprint density at radius 1 is 0.477 bits per heavy atom. The molecule has 65 heavy (non-hydrogen) atoms. The number of hydrogen-bond acceptors (Lipinski definition) is 3. The number of halogens is 3. The molecule has 8 heteroatoms. The molecule has 0 N–H and O–H groups in total. The molecule has 0 saturated heterocycles. The lowest BCUT2D eigenvalue weighted by Crippen LogP contribution is -2.06. The third-order valence-electron chi connectivity index (χ3n) is 13.0. The van der Waals surface area contributed by atoms with Crippen LogP contribution in [0.15, 0.2) is 185 Å². The first-order chi connectivity index (χ1) is 31.7. The summed E-state index contributed by atoms with van der Waals surface area (Å²) in [6.45, 7) is 1.68. The van der Waals surface area contributed by atoms with E-state index in [4.69, 9.17) is 8.83 Å². The van der Waals surface area contributed by atoms with Gasteiger partial charge in [-0.1, -0.05) is 84.9 Å². The lowest BCUT2D eigenvalue weighted by Gasteiger charge is -2.20. The van der Waals surface area contributed by atoms with Gasteiger partial charge in [0.25, 0.3) is 0 Å². The van der Waals surface area contributed by atoms with E-state index in [9.17, 15) is 18.4 Å². The fourth-order valence-corrected chi connectivity index (χ4v) is 10.3. The molecule has 0 aliphatic heterocycles. The number of aromatic nitrogens is 2. The Morgan fingerprint density at radius 3 is 1.66 bits per heavy atom. The highest BCUT2D eigenvalue weighted by Gasteiger charge is 2.32. The van der Waals surface area contributed by atoms with E-state index in [-0.39, 0.29) is 0 Å². The van der Waals surface area contributed by atoms with Crippen molar-refractivity contribution in [2.45, 2.75) is 13.1 Å². The zero-order valence-electron chi connectivity index (χ0n) is 34.5. The summed E-state index contributed by atoms with van der Waals surface area (Å²) in [7, 11) is 0. The maximum atomic E-state index is 14.6. The van der Waals surface area contributed by atoms with Gasteiger partial charge in [-0.25, -0.2) is 0 Å². The topological polar surface area (TPSA) is 59.9 Å². The number of nitriles is 1. The minimum atomic E-state index is -4.57. The first kappa shape index (κ1) is 37.1. The van der Waals surface area contributed by atoms with Gasteiger partial charge in [0.15, 0.2) is 0 Å². The van der Waals surface area contributed by atoms with E-state index < -0.39 is 11.7 Å². The number of fused-ring (bicyclic) bond motifs is 14. The Balaban J connectivity index is 1.14. The van der Waals surface area contributed by atoms with Crippen LogP contribution in [0.4, 0.5) is 13.2 Å². The van der Waals surface area contributed by atoms with Crippen molar-refractivity contribution in [3.8, 4) is 39.7 Å². The van der Waals surface area contributed by atoms with Gasteiger partial charge in [-0.3, -0.25) is 0 Å². The van der Waals surface area contributed by atoms with E-state index in [1.165, 1.54) is 12.1 Å². The fourth-order valence-electron chi connectivity index (χ4n) is 10.3. The molecule has 0 radical (unpaired) electrons. The van der Waals surface area contributed by atoms with Gasteiger partial charge in [0.2, 0.25) is 0 Å². The van der Waals surface area contributed by atoms with Gasteiger partial charge >= 0.3 is 6.18 Å². The summed E-state index contributed by atoms with van der Waals surface area (Å²) in [6.07, 6.45) is -4.57. The smallest absolute Gasteiger partial charge is 0.416 e. The van der Waals surface area contributed by atoms with Crippen LogP contribution in [0.1, 0.15) is 16.7 Å². The molecule has 13 aromatic rings. The average Bonchev–Trinajstić information content (AvgIpc) is 4.08. The van der Waals surface area contributed by atoms with Gasteiger partial charge in [0.05, 0.1) is 55.7 Å². The second kappa shape index (κ2) is 13.5. The zero-order valence-corrected chi connectivity index (χ0v) is 34.5. The molecule has 0 fully saturated rings. The molecule has 0 bridgehead atoms. The lowest BCUT2D eigenvalue weighted by atomic mass is 9.90. The summed E-state index contributed by atoms with van der Waals surface area (Å²) in [4.78, 5) is 0. The summed E-state index contributed by atoms with van der Waals surface area (Å²) in [5.74, 6) is 0. The van der Waals surface area contributed by atoms with Crippen LogP contribution in [-0.4, -0.2) is 9.13 Å². The van der Waals surface area contributed by atoms with Crippen LogP contribution in [0.3, 0.4) is 0 Å². The van der Waals surface area contributed by atoms with Gasteiger partial charge in [0.1, 0.15) is 22.3 Å². The van der Waals surface area contributed by atoms with Crippen LogP contribution in [-0.2, 0) is 6.18 Å². The zero-order chi connectivity index (χ0) is 43.7. The number of rotatable bonds is 4. The van der Waals surface area contributed by atoms with Crippen molar-refractivity contribution in [1.82, 2.24) is 9.13 Å². The van der Waals surface area contributed by atoms with Crippen LogP contribution in [0.25, 0.3) is 121 Å². The number of hydrogen-bond donors (Lipinski definition) is 0. The van der Waals surface area contributed by atoms with Crippen molar-refractivity contribution < 1.29 is 22.0 Å². The molecule has 0 aliphatic carbocycles. The predicted molar refractivity (Wildman–Crippen MR) is 255 cm³/mol. The molecule has 0 unspecified atom stereocenters. The first-order valence-electron chi connectivity index (χ1n) is 21.3. The minimum Gasteiger partial charge on any atom is -0.455 e. The largest absolute Gasteiger partial charge is 0.455 e. The van der Waals surface area contributed by atoms with Crippen molar-refractivity contribution >= 4 is 87.5 Å².